The number of rotatable bonds is 0. The van der Waals surface area contributed by atoms with Gasteiger partial charge in [-0.2, -0.15) is 0 Å². The number of aliphatic hydroxyl groups is 1. The van der Waals surface area contributed by atoms with Crippen LogP contribution in [0.4, 0.5) is 0 Å². The first-order chi connectivity index (χ1) is 21.6. The predicted molar refractivity (Wildman–Crippen MR) is 262 cm³/mol. The molecule has 0 unspecified atom stereocenters. The summed E-state index contributed by atoms with van der Waals surface area (Å²) in [4.78, 5) is 0. The first-order valence-electron chi connectivity index (χ1n) is 8.44. The van der Waals surface area contributed by atoms with Crippen molar-refractivity contribution in [3.05, 3.63) is 0 Å². The Hall–Kier alpha value is 10.4. The van der Waals surface area contributed by atoms with Crippen LogP contribution in [0, 0.1) is 0 Å². The van der Waals surface area contributed by atoms with E-state index in [1.54, 1.807) is 0 Å². The van der Waals surface area contributed by atoms with Gasteiger partial charge in [0.05, 0.1) is 6.61 Å². The highest BCUT2D eigenvalue weighted by molar-refractivity contribution is 6.68. The van der Waals surface area contributed by atoms with Crippen molar-refractivity contribution in [1.29, 1.82) is 0 Å². The zero-order valence-corrected chi connectivity index (χ0v) is 48.8. The molecule has 0 heterocycles. The molecule has 0 radical (unpaired) electrons. The molecule has 0 atom stereocenters. The third-order valence-electron chi connectivity index (χ3n) is 0.179. The van der Waals surface area contributed by atoms with Gasteiger partial charge in [-0.1, -0.05) is 418 Å². The maximum atomic E-state index is 8.01. The zero-order chi connectivity index (χ0) is 44.6. The summed E-state index contributed by atoms with van der Waals surface area (Å²) < 4.78 is -9.74. The van der Waals surface area contributed by atoms with Gasteiger partial charge in [0.2, 0.25) is 3.79 Å². The monoisotopic (exact) mass is 1440 g/mol. The molecule has 0 aliphatic carbocycles. The van der Waals surface area contributed by atoms with Gasteiger partial charge in [0, 0.05) is 0 Å². The van der Waals surface area contributed by atoms with Crippen molar-refractivity contribution in [3.63, 3.8) is 0 Å². The Labute approximate surface area is 472 Å². The van der Waals surface area contributed by atoms with E-state index in [4.69, 9.17) is 423 Å². The Balaban J connectivity index is -0.0000000316. The lowest BCUT2D eigenvalue weighted by Crippen LogP contribution is -2.06. The van der Waals surface area contributed by atoms with Gasteiger partial charge in [0.15, 0.2) is 47.2 Å². The molecule has 0 saturated carbocycles. The van der Waals surface area contributed by atoms with E-state index >= 15 is 0 Å². The van der Waals surface area contributed by atoms with Gasteiger partial charge in [-0.05, 0) is 0 Å². The SMILES string of the molecule is ClC(Cl)Cl.ClC(Cl)Cl.ClC(Cl)Cl.ClC(Cl)Cl.ClC(Cl)Cl.ClC(Cl)Cl.ClC(Cl)Cl.ClC(Cl)Cl.ClC(Cl)Cl.ClC(Cl)Cl.ClC(Cl)Cl.OCC(Cl)(Cl)Cl. The van der Waals surface area contributed by atoms with Crippen LogP contribution in [0.5, 0.6) is 0 Å². The fourth-order valence-corrected chi connectivity index (χ4v) is 0. The van der Waals surface area contributed by atoms with Gasteiger partial charge in [-0.3, -0.25) is 0 Å². The van der Waals surface area contributed by atoms with E-state index in [2.05, 4.69) is 0 Å². The highest BCUT2D eigenvalue weighted by atomic mass is 35.6. The quantitative estimate of drug-likeness (QED) is 0.240. The van der Waals surface area contributed by atoms with Crippen molar-refractivity contribution in [2.24, 2.45) is 0 Å². The molecule has 37 heteroatoms. The molecule has 1 N–H and O–H groups in total. The van der Waals surface area contributed by atoms with Gasteiger partial charge in [0.25, 0.3) is 0 Å². The number of aliphatic hydroxyl groups excluding tert-OH is 1. The molecule has 0 spiro atoms. The van der Waals surface area contributed by atoms with Crippen LogP contribution in [-0.2, 0) is 0 Å². The Bertz CT molecular complexity index is 298. The van der Waals surface area contributed by atoms with E-state index < -0.39 is 57.6 Å². The topological polar surface area (TPSA) is 20.2 Å². The van der Waals surface area contributed by atoms with Crippen LogP contribution in [0.1, 0.15) is 0 Å². The van der Waals surface area contributed by atoms with E-state index in [0.29, 0.717) is 0 Å². The predicted octanol–water partition coefficient (Wildman–Crippen LogP) is 23.2. The van der Waals surface area contributed by atoms with Crippen LogP contribution in [0.15, 0.2) is 0 Å². The molecule has 50 heavy (non-hydrogen) atoms. The number of hydrogen-bond acceptors (Lipinski definition) is 1. The molecule has 0 saturated heterocycles. The molecular weight excluding hydrogens is 1450 g/mol. The van der Waals surface area contributed by atoms with Crippen LogP contribution in [0.3, 0.4) is 0 Å². The van der Waals surface area contributed by atoms with Crippen LogP contribution >= 0.6 is 418 Å². The molecule has 0 aliphatic rings. The summed E-state index contributed by atoms with van der Waals surface area (Å²) in [5.74, 6) is 0. The molecule has 0 amide bonds. The second kappa shape index (κ2) is 79.8. The molecule has 0 aromatic carbocycles. The highest BCUT2D eigenvalue weighted by Gasteiger charge is 2.16. The Morgan fingerprint density at radius 2 is 0.240 bits per heavy atom. The van der Waals surface area contributed by atoms with Crippen molar-refractivity contribution >= 4 is 418 Å². The number of halogens is 36. The van der Waals surface area contributed by atoms with Gasteiger partial charge in [0.1, 0.15) is 0 Å². The third kappa shape index (κ3) is 1070. The first-order valence-corrected chi connectivity index (χ1v) is 24.0. The summed E-state index contributed by atoms with van der Waals surface area (Å²) >= 11 is 174. The lowest BCUT2D eigenvalue weighted by Gasteiger charge is -2.01. The summed E-state index contributed by atoms with van der Waals surface area (Å²) in [6, 6.07) is 0. The highest BCUT2D eigenvalue weighted by Crippen LogP contribution is 2.23. The lowest BCUT2D eigenvalue weighted by molar-refractivity contribution is 0.303. The molecule has 1 nitrogen and oxygen atoms in total. The third-order valence-corrected chi connectivity index (χ3v) is 0.538. The second-order valence-electron chi connectivity index (χ2n) is 3.50. The minimum Gasteiger partial charge on any atom is -0.392 e. The second-order valence-corrected chi connectivity index (χ2v) is 27.8. The molecular formula is C13H14Cl36O. The Morgan fingerprint density at radius 3 is 0.240 bits per heavy atom. The zero-order valence-electron chi connectivity index (χ0n) is 21.6. The fraction of sp³-hybridized carbons (Fsp3) is 1.00. The normalized spacial score (nSPS) is 9.36. The summed E-state index contributed by atoms with van der Waals surface area (Å²) in [5.41, 5.74) is 0. The molecule has 0 fully saturated rings. The first kappa shape index (κ1) is 91.0. The van der Waals surface area contributed by atoms with Crippen LogP contribution in [0.25, 0.3) is 0 Å². The van der Waals surface area contributed by atoms with Gasteiger partial charge >= 0.3 is 0 Å². The standard InChI is InChI=1S/C2H3Cl3O.11CHCl3/c3-2(4,5)1-6;11*2-1(3)4/h6H,1H2;11*1H. The largest absolute Gasteiger partial charge is 0.392 e. The van der Waals surface area contributed by atoms with E-state index in [9.17, 15) is 0 Å². The van der Waals surface area contributed by atoms with Crippen molar-refractivity contribution in [1.82, 2.24) is 0 Å². The molecule has 324 valence electrons. The number of alkyl halides is 36. The maximum absolute atomic E-state index is 8.01. The van der Waals surface area contributed by atoms with Gasteiger partial charge in [-0.25, -0.2) is 0 Å². The van der Waals surface area contributed by atoms with Crippen LogP contribution in [-0.4, -0.2) is 62.8 Å². The van der Waals surface area contributed by atoms with Crippen molar-refractivity contribution in [2.45, 2.75) is 51.0 Å². The average Bonchev–Trinajstić information content (AvgIpc) is 2.68. The van der Waals surface area contributed by atoms with E-state index in [1.807, 2.05) is 0 Å². The molecule has 0 bridgehead atoms. The Morgan fingerprint density at radius 1 is 0.220 bits per heavy atom. The van der Waals surface area contributed by atoms with Crippen molar-refractivity contribution < 1.29 is 5.11 Å². The average molecular weight is 1460 g/mol. The van der Waals surface area contributed by atoms with E-state index in [-0.39, 0.29) is 0 Å². The van der Waals surface area contributed by atoms with Crippen LogP contribution in [0.2, 0.25) is 0 Å². The molecule has 0 aromatic rings. The smallest absolute Gasteiger partial charge is 0.213 e. The van der Waals surface area contributed by atoms with E-state index in [1.165, 1.54) is 0 Å². The van der Waals surface area contributed by atoms with E-state index in [0.717, 1.165) is 0 Å². The van der Waals surface area contributed by atoms with Crippen molar-refractivity contribution in [2.75, 3.05) is 6.61 Å². The van der Waals surface area contributed by atoms with Gasteiger partial charge < -0.3 is 5.11 Å². The molecule has 0 aromatic heterocycles. The summed E-state index contributed by atoms with van der Waals surface area (Å²) in [7, 11) is 0. The summed E-state index contributed by atoms with van der Waals surface area (Å²) in [5, 5.41) is 8.01. The molecule has 0 aliphatic heterocycles. The lowest BCUT2D eigenvalue weighted by atomic mass is 10.9. The maximum Gasteiger partial charge on any atom is 0.213 e. The summed E-state index contributed by atoms with van der Waals surface area (Å²) in [6.07, 6.45) is 0. The fourth-order valence-electron chi connectivity index (χ4n) is 0. The minimum absolute atomic E-state index is 0.433. The van der Waals surface area contributed by atoms with Crippen LogP contribution < -0.4 is 0 Å². The number of hydrogen-bond donors (Lipinski definition) is 1. The van der Waals surface area contributed by atoms with Crippen molar-refractivity contribution in [3.8, 4) is 0 Å². The van der Waals surface area contributed by atoms with Gasteiger partial charge in [-0.15, -0.1) is 0 Å². The molecule has 0 rings (SSSR count). The minimum atomic E-state index is -1.49. The Kier molecular flexibility index (Phi) is 145. The summed E-state index contributed by atoms with van der Waals surface area (Å²) in [6.45, 7) is -0.433.